The van der Waals surface area contributed by atoms with E-state index in [1.165, 1.54) is 0 Å². The first-order chi connectivity index (χ1) is 5.34. The molecule has 0 aliphatic carbocycles. The number of para-hydroxylation sites is 1. The summed E-state index contributed by atoms with van der Waals surface area (Å²) in [7, 11) is 0. The van der Waals surface area contributed by atoms with E-state index in [0.29, 0.717) is 6.41 Å². The van der Waals surface area contributed by atoms with Gasteiger partial charge in [-0.15, -0.1) is 0 Å². The summed E-state index contributed by atoms with van der Waals surface area (Å²) in [4.78, 5) is 9.96. The number of rotatable bonds is 3. The van der Waals surface area contributed by atoms with Crippen LogP contribution < -0.4 is 16.4 Å². The maximum absolute atomic E-state index is 9.96. The Morgan fingerprint density at radius 1 is 1.36 bits per heavy atom. The number of anilines is 1. The van der Waals surface area contributed by atoms with Crippen molar-refractivity contribution in [2.24, 2.45) is 5.84 Å². The van der Waals surface area contributed by atoms with Crippen molar-refractivity contribution in [3.63, 3.8) is 0 Å². The van der Waals surface area contributed by atoms with Gasteiger partial charge in [0.2, 0.25) is 6.41 Å². The molecule has 1 aromatic carbocycles. The van der Waals surface area contributed by atoms with Gasteiger partial charge in [0.05, 0.1) is 5.69 Å². The van der Waals surface area contributed by atoms with Crippen LogP contribution in [0.2, 0.25) is 0 Å². The second kappa shape index (κ2) is 3.58. The van der Waals surface area contributed by atoms with Crippen LogP contribution in [0.3, 0.4) is 0 Å². The van der Waals surface area contributed by atoms with Crippen LogP contribution in [0.25, 0.3) is 0 Å². The van der Waals surface area contributed by atoms with Crippen molar-refractivity contribution in [2.75, 3.05) is 5.12 Å². The Labute approximate surface area is 64.5 Å². The molecule has 1 amide bonds. The van der Waals surface area contributed by atoms with E-state index in [1.54, 1.807) is 12.1 Å². The molecule has 0 saturated carbocycles. The normalized spacial score (nSPS) is 8.82. The second-order valence-electron chi connectivity index (χ2n) is 1.95. The second-order valence-corrected chi connectivity index (χ2v) is 1.95. The molecule has 0 atom stereocenters. The van der Waals surface area contributed by atoms with Crippen molar-refractivity contribution >= 4 is 12.1 Å². The zero-order valence-corrected chi connectivity index (χ0v) is 5.90. The first kappa shape index (κ1) is 7.56. The molecule has 0 aromatic heterocycles. The van der Waals surface area contributed by atoms with Crippen LogP contribution >= 0.6 is 0 Å². The molecule has 11 heavy (non-hydrogen) atoms. The molecule has 0 bridgehead atoms. The van der Waals surface area contributed by atoms with Gasteiger partial charge in [-0.05, 0) is 12.1 Å². The van der Waals surface area contributed by atoms with Crippen LogP contribution in [-0.4, -0.2) is 6.41 Å². The molecule has 0 heterocycles. The molecule has 0 spiro atoms. The lowest BCUT2D eigenvalue weighted by Crippen LogP contribution is -2.43. The van der Waals surface area contributed by atoms with E-state index in [2.05, 4.69) is 5.43 Å². The zero-order chi connectivity index (χ0) is 8.10. The summed E-state index contributed by atoms with van der Waals surface area (Å²) in [5.74, 6) is 5.40. The molecule has 0 aliphatic rings. The van der Waals surface area contributed by atoms with Crippen molar-refractivity contribution in [2.45, 2.75) is 0 Å². The minimum atomic E-state index is 0.521. The van der Waals surface area contributed by atoms with E-state index in [1.807, 2.05) is 18.2 Å². The molecule has 0 unspecified atom stereocenters. The third-order valence-corrected chi connectivity index (χ3v) is 1.23. The topological polar surface area (TPSA) is 58.4 Å². The molecule has 1 aromatic rings. The van der Waals surface area contributed by atoms with Gasteiger partial charge in [-0.1, -0.05) is 18.2 Å². The van der Waals surface area contributed by atoms with E-state index >= 15 is 0 Å². The van der Waals surface area contributed by atoms with Crippen LogP contribution in [0.5, 0.6) is 0 Å². The van der Waals surface area contributed by atoms with Crippen LogP contribution in [0.4, 0.5) is 5.69 Å². The van der Waals surface area contributed by atoms with Gasteiger partial charge in [0.1, 0.15) is 0 Å². The summed E-state index contributed by atoms with van der Waals surface area (Å²) in [6.45, 7) is 0. The lowest BCUT2D eigenvalue weighted by Gasteiger charge is -2.15. The minimum absolute atomic E-state index is 0.521. The van der Waals surface area contributed by atoms with Crippen molar-refractivity contribution in [1.82, 2.24) is 5.43 Å². The predicted octanol–water partition coefficient (Wildman–Crippen LogP) is 0.0277. The van der Waals surface area contributed by atoms with Gasteiger partial charge in [-0.3, -0.25) is 10.2 Å². The molecule has 3 N–H and O–H groups in total. The van der Waals surface area contributed by atoms with Crippen LogP contribution in [-0.2, 0) is 4.79 Å². The van der Waals surface area contributed by atoms with E-state index in [4.69, 9.17) is 5.84 Å². The van der Waals surface area contributed by atoms with E-state index in [9.17, 15) is 4.79 Å². The highest BCUT2D eigenvalue weighted by Gasteiger charge is 1.95. The molecule has 0 radical (unpaired) electrons. The minimum Gasteiger partial charge on any atom is -0.277 e. The first-order valence-corrected chi connectivity index (χ1v) is 3.14. The predicted molar refractivity (Wildman–Crippen MR) is 42.3 cm³/mol. The Bertz CT molecular complexity index is 224. The van der Waals surface area contributed by atoms with Gasteiger partial charge < -0.3 is 0 Å². The fraction of sp³-hybridized carbons (Fsp3) is 0. The largest absolute Gasteiger partial charge is 0.277 e. The summed E-state index contributed by atoms with van der Waals surface area (Å²) < 4.78 is 0. The van der Waals surface area contributed by atoms with Crippen molar-refractivity contribution < 1.29 is 4.79 Å². The number of nitrogens with zero attached hydrogens (tertiary/aromatic N) is 1. The van der Waals surface area contributed by atoms with E-state index in [-0.39, 0.29) is 0 Å². The Kier molecular flexibility index (Phi) is 2.46. The van der Waals surface area contributed by atoms with E-state index < -0.39 is 0 Å². The number of carbonyl (C=O) groups is 1. The molecule has 4 heteroatoms. The summed E-state index contributed by atoms with van der Waals surface area (Å²) in [6, 6.07) is 9.12. The number of hydrazine groups is 2. The SMILES string of the molecule is NN(NC=O)c1ccccc1. The monoisotopic (exact) mass is 151 g/mol. The third kappa shape index (κ3) is 1.94. The van der Waals surface area contributed by atoms with Gasteiger partial charge in [0, 0.05) is 0 Å². The van der Waals surface area contributed by atoms with Crippen molar-refractivity contribution in [1.29, 1.82) is 0 Å². The molecule has 1 rings (SSSR count). The number of amides is 1. The Morgan fingerprint density at radius 2 is 2.00 bits per heavy atom. The average molecular weight is 151 g/mol. The first-order valence-electron chi connectivity index (χ1n) is 3.14. The molecule has 0 aliphatic heterocycles. The third-order valence-electron chi connectivity index (χ3n) is 1.23. The number of hydrogen-bond acceptors (Lipinski definition) is 3. The summed E-state index contributed by atoms with van der Waals surface area (Å²) in [5.41, 5.74) is 3.03. The molecule has 4 nitrogen and oxygen atoms in total. The molecular weight excluding hydrogens is 142 g/mol. The summed E-state index contributed by atoms with van der Waals surface area (Å²) in [5, 5.41) is 1.15. The Balaban J connectivity index is 2.68. The molecule has 58 valence electrons. The van der Waals surface area contributed by atoms with E-state index in [0.717, 1.165) is 10.8 Å². The highest BCUT2D eigenvalue weighted by molar-refractivity contribution is 5.53. The zero-order valence-electron chi connectivity index (χ0n) is 5.90. The van der Waals surface area contributed by atoms with Gasteiger partial charge in [0.15, 0.2) is 0 Å². The number of nitrogens with two attached hydrogens (primary N) is 1. The maximum atomic E-state index is 9.96. The van der Waals surface area contributed by atoms with Gasteiger partial charge in [0.25, 0.3) is 0 Å². The lowest BCUT2D eigenvalue weighted by atomic mass is 10.3. The Hall–Kier alpha value is -1.55. The van der Waals surface area contributed by atoms with Crippen LogP contribution in [0.1, 0.15) is 0 Å². The average Bonchev–Trinajstić information content (AvgIpc) is 2.07. The lowest BCUT2D eigenvalue weighted by molar-refractivity contribution is -0.109. The highest BCUT2D eigenvalue weighted by atomic mass is 16.1. The number of benzene rings is 1. The standard InChI is InChI=1S/C7H9N3O/c8-10(9-6-11)7-4-2-1-3-5-7/h1-6H,8H2,(H,9,11). The van der Waals surface area contributed by atoms with Gasteiger partial charge in [-0.2, -0.15) is 0 Å². The van der Waals surface area contributed by atoms with Crippen LogP contribution in [0.15, 0.2) is 30.3 Å². The number of hydrogen-bond donors (Lipinski definition) is 2. The number of carbonyl (C=O) groups excluding carboxylic acids is 1. The van der Waals surface area contributed by atoms with Gasteiger partial charge >= 0.3 is 0 Å². The van der Waals surface area contributed by atoms with Gasteiger partial charge in [-0.25, -0.2) is 11.0 Å². The fourth-order valence-corrected chi connectivity index (χ4v) is 0.720. The molecular formula is C7H9N3O. The van der Waals surface area contributed by atoms with Crippen molar-refractivity contribution in [3.8, 4) is 0 Å². The fourth-order valence-electron chi connectivity index (χ4n) is 0.720. The highest BCUT2D eigenvalue weighted by Crippen LogP contribution is 2.05. The van der Waals surface area contributed by atoms with Crippen LogP contribution in [0, 0.1) is 0 Å². The maximum Gasteiger partial charge on any atom is 0.226 e. The summed E-state index contributed by atoms with van der Waals surface area (Å²) >= 11 is 0. The van der Waals surface area contributed by atoms with Crippen molar-refractivity contribution in [3.05, 3.63) is 30.3 Å². The molecule has 0 saturated heterocycles. The summed E-state index contributed by atoms with van der Waals surface area (Å²) in [6.07, 6.45) is 0.521. The quantitative estimate of drug-likeness (QED) is 0.364. The Morgan fingerprint density at radius 3 is 2.55 bits per heavy atom. The molecule has 0 fully saturated rings. The number of nitrogens with one attached hydrogen (secondary N) is 1. The smallest absolute Gasteiger partial charge is 0.226 e.